The van der Waals surface area contributed by atoms with Crippen LogP contribution in [0.5, 0.6) is 5.75 Å². The number of rotatable bonds is 5. The van der Waals surface area contributed by atoms with Crippen molar-refractivity contribution in [1.29, 1.82) is 5.41 Å². The minimum Gasteiger partial charge on any atom is -0.489 e. The Bertz CT molecular complexity index is 1190. The molecule has 0 bridgehead atoms. The molecule has 0 atom stereocenters. The number of carbonyl (C=O) groups is 1. The van der Waals surface area contributed by atoms with E-state index in [-0.39, 0.29) is 23.5 Å². The topological polar surface area (TPSA) is 53.4 Å². The van der Waals surface area contributed by atoms with Gasteiger partial charge in [-0.25, -0.2) is 4.39 Å². The molecule has 4 nitrogen and oxygen atoms in total. The lowest BCUT2D eigenvalue weighted by atomic mass is 10.1. The van der Waals surface area contributed by atoms with Crippen LogP contribution in [0.2, 0.25) is 0 Å². The first-order chi connectivity index (χ1) is 14.9. The molecular formula is C25H21FN2O2S. The van der Waals surface area contributed by atoms with Crippen molar-refractivity contribution in [2.24, 2.45) is 0 Å². The Morgan fingerprint density at radius 3 is 2.48 bits per heavy atom. The van der Waals surface area contributed by atoms with E-state index in [0.29, 0.717) is 21.9 Å². The molecule has 0 saturated carbocycles. The van der Waals surface area contributed by atoms with E-state index in [0.717, 1.165) is 28.5 Å². The van der Waals surface area contributed by atoms with Gasteiger partial charge in [-0.2, -0.15) is 0 Å². The second-order valence-electron chi connectivity index (χ2n) is 7.27. The number of carbonyl (C=O) groups excluding carboxylic acids is 1. The number of ether oxygens (including phenoxy) is 1. The van der Waals surface area contributed by atoms with Crippen molar-refractivity contribution >= 4 is 34.6 Å². The molecule has 1 fully saturated rings. The molecule has 156 valence electrons. The number of hydrogen-bond donors (Lipinski definition) is 1. The number of aryl methyl sites for hydroxylation is 2. The summed E-state index contributed by atoms with van der Waals surface area (Å²) >= 11 is 1.14. The van der Waals surface area contributed by atoms with Crippen molar-refractivity contribution in [3.05, 3.63) is 99.7 Å². The van der Waals surface area contributed by atoms with Crippen LogP contribution in [0.1, 0.15) is 22.3 Å². The van der Waals surface area contributed by atoms with Crippen molar-refractivity contribution in [3.8, 4) is 5.75 Å². The predicted octanol–water partition coefficient (Wildman–Crippen LogP) is 6.08. The van der Waals surface area contributed by atoms with Crippen LogP contribution in [-0.4, -0.2) is 11.1 Å². The van der Waals surface area contributed by atoms with E-state index < -0.39 is 0 Å². The van der Waals surface area contributed by atoms with Gasteiger partial charge in [-0.15, -0.1) is 0 Å². The zero-order chi connectivity index (χ0) is 22.0. The molecule has 6 heteroatoms. The highest BCUT2D eigenvalue weighted by Crippen LogP contribution is 2.36. The van der Waals surface area contributed by atoms with Crippen molar-refractivity contribution in [3.63, 3.8) is 0 Å². The molecule has 1 aliphatic heterocycles. The van der Waals surface area contributed by atoms with Crippen molar-refractivity contribution in [2.75, 3.05) is 4.90 Å². The summed E-state index contributed by atoms with van der Waals surface area (Å²) in [7, 11) is 0. The summed E-state index contributed by atoms with van der Waals surface area (Å²) in [5.74, 6) is 0.106. The van der Waals surface area contributed by atoms with Crippen LogP contribution in [0.15, 0.2) is 71.6 Å². The fourth-order valence-electron chi connectivity index (χ4n) is 3.17. The van der Waals surface area contributed by atoms with Gasteiger partial charge in [0.2, 0.25) is 0 Å². The molecule has 1 amide bonds. The molecule has 1 N–H and O–H groups in total. The standard InChI is InChI=1S/C25H21FN2O2S/c1-16-7-10-20(13-17(16)2)28-24(29)23(31-25(28)27)14-18-8-11-21(12-9-18)30-15-19-5-3-4-6-22(19)26/h3-14,27H,15H2,1-2H3. The lowest BCUT2D eigenvalue weighted by Gasteiger charge is -2.15. The second-order valence-corrected chi connectivity index (χ2v) is 8.30. The zero-order valence-electron chi connectivity index (χ0n) is 17.2. The molecule has 0 unspecified atom stereocenters. The average molecular weight is 433 g/mol. The third-order valence-electron chi connectivity index (χ3n) is 5.10. The molecule has 3 aromatic carbocycles. The third kappa shape index (κ3) is 4.54. The number of nitrogens with zero attached hydrogens (tertiary/aromatic N) is 1. The van der Waals surface area contributed by atoms with Crippen LogP contribution in [0.3, 0.4) is 0 Å². The van der Waals surface area contributed by atoms with Gasteiger partial charge >= 0.3 is 0 Å². The normalized spacial score (nSPS) is 15.1. The monoisotopic (exact) mass is 432 g/mol. The van der Waals surface area contributed by atoms with Crippen LogP contribution < -0.4 is 9.64 Å². The lowest BCUT2D eigenvalue weighted by Crippen LogP contribution is -2.28. The summed E-state index contributed by atoms with van der Waals surface area (Å²) < 4.78 is 19.4. The van der Waals surface area contributed by atoms with Crippen molar-refractivity contribution in [1.82, 2.24) is 0 Å². The lowest BCUT2D eigenvalue weighted by molar-refractivity contribution is -0.113. The summed E-state index contributed by atoms with van der Waals surface area (Å²) in [6.07, 6.45) is 1.77. The van der Waals surface area contributed by atoms with Gasteiger partial charge in [-0.1, -0.05) is 36.4 Å². The van der Waals surface area contributed by atoms with Gasteiger partial charge in [-0.05, 0) is 78.7 Å². The molecule has 0 spiro atoms. The van der Waals surface area contributed by atoms with Crippen molar-refractivity contribution in [2.45, 2.75) is 20.5 Å². The Morgan fingerprint density at radius 1 is 1.03 bits per heavy atom. The van der Waals surface area contributed by atoms with Crippen molar-refractivity contribution < 1.29 is 13.9 Å². The van der Waals surface area contributed by atoms with E-state index in [1.165, 1.54) is 11.0 Å². The van der Waals surface area contributed by atoms with E-state index in [9.17, 15) is 9.18 Å². The summed E-state index contributed by atoms with van der Waals surface area (Å²) in [5.41, 5.74) is 4.23. The molecule has 0 aliphatic carbocycles. The fraction of sp³-hybridized carbons (Fsp3) is 0.120. The van der Waals surface area contributed by atoms with Gasteiger partial charge in [0, 0.05) is 5.56 Å². The molecule has 0 radical (unpaired) electrons. The number of benzene rings is 3. The predicted molar refractivity (Wildman–Crippen MR) is 124 cm³/mol. The molecule has 1 aliphatic rings. The van der Waals surface area contributed by atoms with Crippen LogP contribution in [0.25, 0.3) is 6.08 Å². The summed E-state index contributed by atoms with van der Waals surface area (Å²) in [5, 5.41) is 8.44. The molecule has 4 rings (SSSR count). The van der Waals surface area contributed by atoms with Gasteiger partial charge in [0.05, 0.1) is 10.6 Å². The number of anilines is 1. The Hall–Kier alpha value is -3.38. The van der Waals surface area contributed by atoms with Gasteiger partial charge in [0.15, 0.2) is 5.17 Å². The number of halogens is 1. The average Bonchev–Trinajstić information content (AvgIpc) is 3.03. The highest BCUT2D eigenvalue weighted by atomic mass is 32.2. The first kappa shape index (κ1) is 20.9. The number of amidine groups is 1. The first-order valence-electron chi connectivity index (χ1n) is 9.78. The van der Waals surface area contributed by atoms with Gasteiger partial charge < -0.3 is 4.74 Å². The first-order valence-corrected chi connectivity index (χ1v) is 10.6. The van der Waals surface area contributed by atoms with Crippen LogP contribution in [-0.2, 0) is 11.4 Å². The largest absolute Gasteiger partial charge is 0.489 e. The third-order valence-corrected chi connectivity index (χ3v) is 5.99. The maximum absolute atomic E-state index is 13.7. The molecular weight excluding hydrogens is 411 g/mol. The summed E-state index contributed by atoms with van der Waals surface area (Å²) in [4.78, 5) is 14.8. The molecule has 1 heterocycles. The minimum atomic E-state index is -0.295. The molecule has 1 saturated heterocycles. The Balaban J connectivity index is 1.47. The van der Waals surface area contributed by atoms with E-state index in [2.05, 4.69) is 0 Å². The van der Waals surface area contributed by atoms with Crippen LogP contribution in [0.4, 0.5) is 10.1 Å². The van der Waals surface area contributed by atoms with Crippen LogP contribution >= 0.6 is 11.8 Å². The molecule has 3 aromatic rings. The van der Waals surface area contributed by atoms with Gasteiger partial charge in [0.1, 0.15) is 18.2 Å². The number of thioether (sulfide) groups is 1. The number of hydrogen-bond acceptors (Lipinski definition) is 4. The van der Waals surface area contributed by atoms with Crippen LogP contribution in [0, 0.1) is 25.1 Å². The SMILES string of the molecule is Cc1ccc(N2C(=N)SC(=Cc3ccc(OCc4ccccc4F)cc3)C2=O)cc1C. The van der Waals surface area contributed by atoms with E-state index in [1.54, 1.807) is 36.4 Å². The molecule has 31 heavy (non-hydrogen) atoms. The highest BCUT2D eigenvalue weighted by Gasteiger charge is 2.33. The smallest absolute Gasteiger partial charge is 0.271 e. The zero-order valence-corrected chi connectivity index (χ0v) is 18.0. The Morgan fingerprint density at radius 2 is 1.77 bits per heavy atom. The minimum absolute atomic E-state index is 0.142. The van der Waals surface area contributed by atoms with E-state index in [1.807, 2.05) is 44.2 Å². The summed E-state index contributed by atoms with van der Waals surface area (Å²) in [6.45, 7) is 4.15. The Kier molecular flexibility index (Phi) is 5.91. The number of amides is 1. The van der Waals surface area contributed by atoms with Gasteiger partial charge in [0.25, 0.3) is 5.91 Å². The summed E-state index contributed by atoms with van der Waals surface area (Å²) in [6, 6.07) is 19.5. The van der Waals surface area contributed by atoms with E-state index >= 15 is 0 Å². The maximum atomic E-state index is 13.7. The maximum Gasteiger partial charge on any atom is 0.271 e. The van der Waals surface area contributed by atoms with Gasteiger partial charge in [-0.3, -0.25) is 15.1 Å². The molecule has 0 aromatic heterocycles. The number of nitrogens with one attached hydrogen (secondary N) is 1. The highest BCUT2D eigenvalue weighted by molar-refractivity contribution is 8.19. The quantitative estimate of drug-likeness (QED) is 0.497. The Labute approximate surface area is 184 Å². The second kappa shape index (κ2) is 8.78. The fourth-order valence-corrected chi connectivity index (χ4v) is 4.04. The van der Waals surface area contributed by atoms with E-state index in [4.69, 9.17) is 10.1 Å².